The van der Waals surface area contributed by atoms with Crippen LogP contribution in [0.5, 0.6) is 0 Å². The molecule has 0 aliphatic carbocycles. The molecule has 0 amide bonds. The summed E-state index contributed by atoms with van der Waals surface area (Å²) in [5.74, 6) is -0.0854. The molecule has 0 radical (unpaired) electrons. The second-order valence-electron chi connectivity index (χ2n) is 5.07. The maximum Gasteiger partial charge on any atom is 0.310 e. The number of esters is 1. The fraction of sp³-hybridized carbons (Fsp3) is 0.533. The van der Waals surface area contributed by atoms with E-state index in [0.717, 1.165) is 38.0 Å². The van der Waals surface area contributed by atoms with Crippen molar-refractivity contribution in [3.8, 4) is 0 Å². The molecule has 1 unspecified atom stereocenters. The molecule has 0 aromatic heterocycles. The van der Waals surface area contributed by atoms with Crippen LogP contribution in [-0.2, 0) is 16.1 Å². The van der Waals surface area contributed by atoms with Gasteiger partial charge in [-0.1, -0.05) is 29.3 Å². The molecular formula is C15H19Cl2NO2. The number of hydrogen-bond acceptors (Lipinski definition) is 3. The third-order valence-electron chi connectivity index (χ3n) is 3.52. The number of benzene rings is 1. The van der Waals surface area contributed by atoms with Crippen LogP contribution in [0.15, 0.2) is 18.2 Å². The van der Waals surface area contributed by atoms with E-state index in [9.17, 15) is 4.79 Å². The second-order valence-corrected chi connectivity index (χ2v) is 5.89. The average Bonchev–Trinajstić information content (AvgIpc) is 2.43. The molecule has 1 atom stereocenters. The van der Waals surface area contributed by atoms with Crippen molar-refractivity contribution in [1.82, 2.24) is 4.90 Å². The van der Waals surface area contributed by atoms with E-state index < -0.39 is 0 Å². The number of nitrogens with zero attached hydrogens (tertiary/aromatic N) is 1. The van der Waals surface area contributed by atoms with E-state index in [2.05, 4.69) is 4.90 Å². The standard InChI is InChI=1S/C15H19Cl2NO2/c1-2-20-15(19)12-4-3-7-18(10-12)9-11-5-6-13(16)14(17)8-11/h5-6,8,12H,2-4,7,9-10H2,1H3. The minimum absolute atomic E-state index is 0.00790. The number of carbonyl (C=O) groups is 1. The van der Waals surface area contributed by atoms with Crippen LogP contribution in [0.1, 0.15) is 25.3 Å². The highest BCUT2D eigenvalue weighted by Crippen LogP contribution is 2.25. The quantitative estimate of drug-likeness (QED) is 0.792. The van der Waals surface area contributed by atoms with Crippen molar-refractivity contribution in [1.29, 1.82) is 0 Å². The van der Waals surface area contributed by atoms with Crippen LogP contribution in [0.3, 0.4) is 0 Å². The second kappa shape index (κ2) is 7.30. The summed E-state index contributed by atoms with van der Waals surface area (Å²) >= 11 is 11.9. The molecule has 0 spiro atoms. The topological polar surface area (TPSA) is 29.5 Å². The molecule has 0 bridgehead atoms. The van der Waals surface area contributed by atoms with Crippen LogP contribution >= 0.6 is 23.2 Å². The van der Waals surface area contributed by atoms with E-state index in [4.69, 9.17) is 27.9 Å². The molecule has 1 aromatic rings. The van der Waals surface area contributed by atoms with Gasteiger partial charge in [-0.05, 0) is 44.0 Å². The molecule has 1 aliphatic rings. The van der Waals surface area contributed by atoms with Crippen LogP contribution in [-0.4, -0.2) is 30.6 Å². The Labute approximate surface area is 129 Å². The highest BCUT2D eigenvalue weighted by Gasteiger charge is 2.26. The molecule has 1 aromatic carbocycles. The molecule has 0 saturated carbocycles. The fourth-order valence-corrected chi connectivity index (χ4v) is 2.87. The Morgan fingerprint density at radius 2 is 2.20 bits per heavy atom. The van der Waals surface area contributed by atoms with Gasteiger partial charge < -0.3 is 4.74 Å². The van der Waals surface area contributed by atoms with E-state index in [1.54, 1.807) is 0 Å². The molecule has 110 valence electrons. The normalized spacial score (nSPS) is 19.9. The van der Waals surface area contributed by atoms with Gasteiger partial charge in [-0.25, -0.2) is 0 Å². The van der Waals surface area contributed by atoms with Gasteiger partial charge in [0.1, 0.15) is 0 Å². The lowest BCUT2D eigenvalue weighted by Gasteiger charge is -2.31. The number of piperidine rings is 1. The van der Waals surface area contributed by atoms with E-state index in [0.29, 0.717) is 16.7 Å². The highest BCUT2D eigenvalue weighted by atomic mass is 35.5. The van der Waals surface area contributed by atoms with Crippen LogP contribution in [0.4, 0.5) is 0 Å². The maximum absolute atomic E-state index is 11.8. The zero-order valence-electron chi connectivity index (χ0n) is 11.6. The number of hydrogen-bond donors (Lipinski definition) is 0. The van der Waals surface area contributed by atoms with Gasteiger partial charge >= 0.3 is 5.97 Å². The molecule has 1 fully saturated rings. The first-order valence-electron chi connectivity index (χ1n) is 6.93. The Morgan fingerprint density at radius 1 is 1.40 bits per heavy atom. The first-order chi connectivity index (χ1) is 9.60. The number of rotatable bonds is 4. The predicted molar refractivity (Wildman–Crippen MR) is 81.1 cm³/mol. The van der Waals surface area contributed by atoms with Gasteiger partial charge in [0.05, 0.1) is 22.6 Å². The average molecular weight is 316 g/mol. The Hall–Kier alpha value is -0.770. The lowest BCUT2D eigenvalue weighted by atomic mass is 9.98. The number of carbonyl (C=O) groups excluding carboxylic acids is 1. The fourth-order valence-electron chi connectivity index (χ4n) is 2.55. The third kappa shape index (κ3) is 4.11. The first-order valence-corrected chi connectivity index (χ1v) is 7.68. The molecule has 1 saturated heterocycles. The van der Waals surface area contributed by atoms with Crippen molar-refractivity contribution < 1.29 is 9.53 Å². The minimum Gasteiger partial charge on any atom is -0.466 e. The summed E-state index contributed by atoms with van der Waals surface area (Å²) in [6.45, 7) is 4.82. The monoisotopic (exact) mass is 315 g/mol. The molecular weight excluding hydrogens is 297 g/mol. The zero-order valence-corrected chi connectivity index (χ0v) is 13.1. The van der Waals surface area contributed by atoms with E-state index in [1.165, 1.54) is 0 Å². The summed E-state index contributed by atoms with van der Waals surface area (Å²) in [6.07, 6.45) is 1.93. The van der Waals surface area contributed by atoms with Crippen molar-refractivity contribution in [3.63, 3.8) is 0 Å². The number of ether oxygens (including phenoxy) is 1. The lowest BCUT2D eigenvalue weighted by Crippen LogP contribution is -2.38. The van der Waals surface area contributed by atoms with Crippen molar-refractivity contribution in [2.75, 3.05) is 19.7 Å². The van der Waals surface area contributed by atoms with Gasteiger partial charge in [-0.3, -0.25) is 9.69 Å². The van der Waals surface area contributed by atoms with Crippen molar-refractivity contribution in [2.45, 2.75) is 26.3 Å². The van der Waals surface area contributed by atoms with E-state index in [1.807, 2.05) is 25.1 Å². The van der Waals surface area contributed by atoms with Gasteiger partial charge in [-0.2, -0.15) is 0 Å². The Morgan fingerprint density at radius 3 is 2.90 bits per heavy atom. The van der Waals surface area contributed by atoms with Crippen molar-refractivity contribution >= 4 is 29.2 Å². The SMILES string of the molecule is CCOC(=O)C1CCCN(Cc2ccc(Cl)c(Cl)c2)C1. The summed E-state index contributed by atoms with van der Waals surface area (Å²) < 4.78 is 5.11. The maximum atomic E-state index is 11.8. The molecule has 5 heteroatoms. The molecule has 2 rings (SSSR count). The number of halogens is 2. The van der Waals surface area contributed by atoms with Gasteiger partial charge in [0.15, 0.2) is 0 Å². The van der Waals surface area contributed by atoms with E-state index in [-0.39, 0.29) is 11.9 Å². The molecule has 1 heterocycles. The first kappa shape index (κ1) is 15.6. The van der Waals surface area contributed by atoms with Gasteiger partial charge in [-0.15, -0.1) is 0 Å². The van der Waals surface area contributed by atoms with Gasteiger partial charge in [0.2, 0.25) is 0 Å². The number of likely N-dealkylation sites (tertiary alicyclic amines) is 1. The summed E-state index contributed by atoms with van der Waals surface area (Å²) in [6, 6.07) is 5.67. The molecule has 1 aliphatic heterocycles. The largest absolute Gasteiger partial charge is 0.466 e. The zero-order chi connectivity index (χ0) is 14.5. The Balaban J connectivity index is 1.95. The van der Waals surface area contributed by atoms with Crippen LogP contribution < -0.4 is 0 Å². The molecule has 3 nitrogen and oxygen atoms in total. The lowest BCUT2D eigenvalue weighted by molar-refractivity contribution is -0.150. The molecule has 0 N–H and O–H groups in total. The van der Waals surface area contributed by atoms with Crippen LogP contribution in [0.25, 0.3) is 0 Å². The highest BCUT2D eigenvalue weighted by molar-refractivity contribution is 6.42. The third-order valence-corrected chi connectivity index (χ3v) is 4.25. The van der Waals surface area contributed by atoms with E-state index >= 15 is 0 Å². The Kier molecular flexibility index (Phi) is 5.70. The van der Waals surface area contributed by atoms with Crippen LogP contribution in [0, 0.1) is 5.92 Å². The smallest absolute Gasteiger partial charge is 0.310 e. The minimum atomic E-state index is -0.0775. The van der Waals surface area contributed by atoms with Crippen molar-refractivity contribution in [3.05, 3.63) is 33.8 Å². The summed E-state index contributed by atoms with van der Waals surface area (Å²) in [5, 5.41) is 1.14. The summed E-state index contributed by atoms with van der Waals surface area (Å²) in [4.78, 5) is 14.1. The predicted octanol–water partition coefficient (Wildman–Crippen LogP) is 3.77. The van der Waals surface area contributed by atoms with Crippen LogP contribution in [0.2, 0.25) is 10.0 Å². The summed E-state index contributed by atoms with van der Waals surface area (Å²) in [7, 11) is 0. The van der Waals surface area contributed by atoms with Gasteiger partial charge in [0, 0.05) is 13.1 Å². The summed E-state index contributed by atoms with van der Waals surface area (Å²) in [5.41, 5.74) is 1.11. The van der Waals surface area contributed by atoms with Gasteiger partial charge in [0.25, 0.3) is 0 Å². The Bertz CT molecular complexity index is 479. The molecule has 20 heavy (non-hydrogen) atoms. The van der Waals surface area contributed by atoms with Crippen molar-refractivity contribution in [2.24, 2.45) is 5.92 Å².